The number of hydrogen-bond acceptors (Lipinski definition) is 6. The Bertz CT molecular complexity index is 1330. The Kier molecular flexibility index (Phi) is 7.81. The van der Waals surface area contributed by atoms with Crippen LogP contribution >= 0.6 is 0 Å². The third kappa shape index (κ3) is 5.80. The molecule has 4 atom stereocenters. The molecular weight excluding hydrogens is 522 g/mol. The summed E-state index contributed by atoms with van der Waals surface area (Å²) in [5, 5.41) is 2.93. The van der Waals surface area contributed by atoms with Gasteiger partial charge in [0.15, 0.2) is 17.3 Å². The predicted octanol–water partition coefficient (Wildman–Crippen LogP) is 3.35. The molecule has 0 saturated carbocycles. The van der Waals surface area contributed by atoms with Crippen LogP contribution in [0.4, 0.5) is 0 Å². The zero-order chi connectivity index (χ0) is 29.5. The fourth-order valence-corrected chi connectivity index (χ4v) is 5.94. The topological polar surface area (TPSA) is 105 Å². The molecular formula is C32H39N3O6. The smallest absolute Gasteiger partial charge is 0.268 e. The molecule has 0 spiro atoms. The second-order valence-corrected chi connectivity index (χ2v) is 12.6. The van der Waals surface area contributed by atoms with Crippen molar-refractivity contribution in [1.29, 1.82) is 0 Å². The number of ketones is 1. The molecule has 9 heteroatoms. The fourth-order valence-electron chi connectivity index (χ4n) is 5.94. The van der Waals surface area contributed by atoms with Crippen LogP contribution in [0.2, 0.25) is 0 Å². The first-order valence-electron chi connectivity index (χ1n) is 14.4. The van der Waals surface area contributed by atoms with Gasteiger partial charge in [0.1, 0.15) is 18.7 Å². The maximum absolute atomic E-state index is 13.8. The summed E-state index contributed by atoms with van der Waals surface area (Å²) in [4.78, 5) is 56.8. The van der Waals surface area contributed by atoms with Gasteiger partial charge in [-0.1, -0.05) is 58.9 Å². The fraction of sp³-hybridized carbons (Fsp3) is 0.500. The monoisotopic (exact) mass is 561 g/mol. The summed E-state index contributed by atoms with van der Waals surface area (Å²) in [6.07, 6.45) is 0.0512. The Hall–Kier alpha value is -3.88. The number of rotatable bonds is 6. The molecule has 2 fully saturated rings. The second kappa shape index (κ2) is 11.2. The first-order valence-corrected chi connectivity index (χ1v) is 14.4. The van der Waals surface area contributed by atoms with Crippen LogP contribution in [0.3, 0.4) is 0 Å². The number of nitrogens with one attached hydrogen (secondary N) is 1. The minimum atomic E-state index is -0.862. The van der Waals surface area contributed by atoms with E-state index in [1.54, 1.807) is 35.2 Å². The minimum Gasteiger partial charge on any atom is -0.485 e. The number of Topliss-reactive ketones (excluding diaryl/α,β-unsaturated/α-hetero) is 1. The molecule has 0 bridgehead atoms. The van der Waals surface area contributed by atoms with Crippen molar-refractivity contribution in [3.05, 3.63) is 59.7 Å². The zero-order valence-electron chi connectivity index (χ0n) is 24.4. The summed E-state index contributed by atoms with van der Waals surface area (Å²) in [5.41, 5.74) is 1.55. The highest BCUT2D eigenvalue weighted by molar-refractivity contribution is 6.01. The second-order valence-electron chi connectivity index (χ2n) is 12.6. The van der Waals surface area contributed by atoms with Gasteiger partial charge in [-0.05, 0) is 54.0 Å². The van der Waals surface area contributed by atoms with Gasteiger partial charge in [-0.3, -0.25) is 19.2 Å². The largest absolute Gasteiger partial charge is 0.485 e. The molecule has 3 aliphatic heterocycles. The van der Waals surface area contributed by atoms with Crippen LogP contribution in [0.25, 0.3) is 0 Å². The van der Waals surface area contributed by atoms with E-state index in [-0.39, 0.29) is 48.0 Å². The van der Waals surface area contributed by atoms with Crippen molar-refractivity contribution in [2.45, 2.75) is 77.1 Å². The van der Waals surface area contributed by atoms with E-state index < -0.39 is 24.2 Å². The average molecular weight is 562 g/mol. The van der Waals surface area contributed by atoms with Crippen LogP contribution in [-0.2, 0) is 19.8 Å². The van der Waals surface area contributed by atoms with E-state index in [4.69, 9.17) is 9.47 Å². The quantitative estimate of drug-likeness (QED) is 0.580. The molecule has 5 rings (SSSR count). The first-order chi connectivity index (χ1) is 19.4. The standard InChI is InChI=1S/C32H39N3O6/c1-19(2)16-22(33-29(37)20-10-12-21(13-11-20)32(3,4)5)30(38)34-15-14-23-28(34)24(36)17-35(23)31(39)27-18-40-25-8-6-7-9-26(25)41-27/h6-13,19,22-23,27-28H,14-18H2,1-5H3,(H,33,37)/t22-,23?,27?,28?/m0/s1. The van der Waals surface area contributed by atoms with Crippen molar-refractivity contribution in [3.8, 4) is 11.5 Å². The predicted molar refractivity (Wildman–Crippen MR) is 153 cm³/mol. The summed E-state index contributed by atoms with van der Waals surface area (Å²) >= 11 is 0. The van der Waals surface area contributed by atoms with Gasteiger partial charge in [0.25, 0.3) is 11.8 Å². The van der Waals surface area contributed by atoms with Gasteiger partial charge in [0.2, 0.25) is 12.0 Å². The number of nitrogens with zero attached hydrogens (tertiary/aromatic N) is 2. The van der Waals surface area contributed by atoms with Gasteiger partial charge in [-0.15, -0.1) is 0 Å². The van der Waals surface area contributed by atoms with Crippen LogP contribution in [-0.4, -0.2) is 77.2 Å². The van der Waals surface area contributed by atoms with E-state index in [1.165, 1.54) is 4.90 Å². The van der Waals surface area contributed by atoms with Crippen molar-refractivity contribution in [1.82, 2.24) is 15.1 Å². The summed E-state index contributed by atoms with van der Waals surface area (Å²) in [7, 11) is 0. The van der Waals surface area contributed by atoms with Crippen LogP contribution in [0, 0.1) is 5.92 Å². The zero-order valence-corrected chi connectivity index (χ0v) is 24.4. The van der Waals surface area contributed by atoms with Gasteiger partial charge in [0.05, 0.1) is 12.6 Å². The third-order valence-corrected chi connectivity index (χ3v) is 8.10. The summed E-state index contributed by atoms with van der Waals surface area (Å²) in [6.45, 7) is 10.6. The van der Waals surface area contributed by atoms with Crippen molar-refractivity contribution < 1.29 is 28.7 Å². The van der Waals surface area contributed by atoms with Crippen molar-refractivity contribution in [3.63, 3.8) is 0 Å². The number of benzene rings is 2. The Labute approximate surface area is 241 Å². The number of ether oxygens (including phenoxy) is 2. The number of likely N-dealkylation sites (tertiary alicyclic amines) is 2. The lowest BCUT2D eigenvalue weighted by atomic mass is 9.86. The van der Waals surface area contributed by atoms with Crippen LogP contribution in [0.1, 0.15) is 63.4 Å². The number of amides is 3. The third-order valence-electron chi connectivity index (χ3n) is 8.10. The number of fused-ring (bicyclic) bond motifs is 2. The Morgan fingerprint density at radius 1 is 1.00 bits per heavy atom. The lowest BCUT2D eigenvalue weighted by Crippen LogP contribution is -2.53. The highest BCUT2D eigenvalue weighted by Crippen LogP contribution is 2.35. The average Bonchev–Trinajstić information content (AvgIpc) is 3.52. The van der Waals surface area contributed by atoms with Gasteiger partial charge in [0, 0.05) is 12.1 Å². The Balaban J connectivity index is 1.28. The molecule has 2 saturated heterocycles. The van der Waals surface area contributed by atoms with E-state index in [1.807, 2.05) is 32.0 Å². The molecule has 3 unspecified atom stereocenters. The Morgan fingerprint density at radius 2 is 1.68 bits per heavy atom. The van der Waals surface area contributed by atoms with E-state index >= 15 is 0 Å². The molecule has 0 aliphatic carbocycles. The molecule has 0 aromatic heterocycles. The lowest BCUT2D eigenvalue weighted by Gasteiger charge is -2.31. The minimum absolute atomic E-state index is 0.0405. The Morgan fingerprint density at radius 3 is 2.34 bits per heavy atom. The number of carbonyl (C=O) groups is 4. The molecule has 0 radical (unpaired) electrons. The molecule has 9 nitrogen and oxygen atoms in total. The highest BCUT2D eigenvalue weighted by atomic mass is 16.6. The van der Waals surface area contributed by atoms with Gasteiger partial charge >= 0.3 is 0 Å². The van der Waals surface area contributed by atoms with E-state index in [0.29, 0.717) is 36.4 Å². The van der Waals surface area contributed by atoms with Crippen LogP contribution in [0.5, 0.6) is 11.5 Å². The van der Waals surface area contributed by atoms with Crippen molar-refractivity contribution >= 4 is 23.5 Å². The summed E-state index contributed by atoms with van der Waals surface area (Å²) in [5.74, 6) is 0.0774. The molecule has 218 valence electrons. The van der Waals surface area contributed by atoms with E-state index in [9.17, 15) is 19.2 Å². The molecule has 3 amide bonds. The first kappa shape index (κ1) is 28.6. The maximum atomic E-state index is 13.8. The molecule has 3 heterocycles. The molecule has 3 aliphatic rings. The maximum Gasteiger partial charge on any atom is 0.268 e. The molecule has 2 aromatic rings. The normalized spacial score (nSPS) is 22.5. The highest BCUT2D eigenvalue weighted by Gasteiger charge is 2.53. The summed E-state index contributed by atoms with van der Waals surface area (Å²) < 4.78 is 11.6. The van der Waals surface area contributed by atoms with Crippen LogP contribution in [0.15, 0.2) is 48.5 Å². The number of para-hydroxylation sites is 2. The molecule has 41 heavy (non-hydrogen) atoms. The van der Waals surface area contributed by atoms with Gasteiger partial charge < -0.3 is 24.6 Å². The SMILES string of the molecule is CC(C)C[C@H](NC(=O)c1ccc(C(C)(C)C)cc1)C(=O)N1CCC2C1C(=O)CN2C(=O)C1COc2ccccc2O1. The van der Waals surface area contributed by atoms with E-state index in [2.05, 4.69) is 26.1 Å². The lowest BCUT2D eigenvalue weighted by molar-refractivity contribution is -0.142. The van der Waals surface area contributed by atoms with Crippen molar-refractivity contribution in [2.24, 2.45) is 5.92 Å². The van der Waals surface area contributed by atoms with Gasteiger partial charge in [-0.25, -0.2) is 0 Å². The summed E-state index contributed by atoms with van der Waals surface area (Å²) in [6, 6.07) is 12.6. The number of hydrogen-bond donors (Lipinski definition) is 1. The number of carbonyl (C=O) groups excluding carboxylic acids is 4. The molecule has 1 N–H and O–H groups in total. The van der Waals surface area contributed by atoms with Crippen molar-refractivity contribution in [2.75, 3.05) is 19.7 Å². The van der Waals surface area contributed by atoms with Crippen LogP contribution < -0.4 is 14.8 Å². The van der Waals surface area contributed by atoms with Gasteiger partial charge in [-0.2, -0.15) is 0 Å². The van der Waals surface area contributed by atoms with E-state index in [0.717, 1.165) is 5.56 Å². The molecule has 2 aromatic carbocycles.